The van der Waals surface area contributed by atoms with Gasteiger partial charge in [0, 0.05) is 6.42 Å². The lowest BCUT2D eigenvalue weighted by molar-refractivity contribution is -0.149. The van der Waals surface area contributed by atoms with Gasteiger partial charge in [-0.3, -0.25) is 9.59 Å². The minimum atomic E-state index is -1.21. The van der Waals surface area contributed by atoms with Gasteiger partial charge in [0.2, 0.25) is 5.91 Å². The summed E-state index contributed by atoms with van der Waals surface area (Å²) in [6.07, 6.45) is -1.28. The minimum Gasteiger partial charge on any atom is -0.468 e. The standard InChI is InChI=1S/C25H37N3O10/c1-25(2,3)38-24(33)28-18(23(32)37-13-16-9-7-6-8-10-16)11-12-20(29)27-19(22(31)35-5)15-36-14-17(26)21(30)34-4/h6-10,17-19H,11-15,26H2,1-5H3,(H,27,29)(H,28,33)/t17-,18-,19+/m1/s1. The zero-order chi connectivity index (χ0) is 28.7. The molecule has 1 aromatic rings. The van der Waals surface area contributed by atoms with E-state index in [1.807, 2.05) is 6.07 Å². The van der Waals surface area contributed by atoms with E-state index in [4.69, 9.17) is 19.9 Å². The van der Waals surface area contributed by atoms with Crippen molar-refractivity contribution in [2.45, 2.75) is 63.9 Å². The Hall–Kier alpha value is -3.71. The molecule has 0 unspecified atom stereocenters. The first kappa shape index (κ1) is 32.3. The van der Waals surface area contributed by atoms with E-state index in [0.717, 1.165) is 12.7 Å². The summed E-state index contributed by atoms with van der Waals surface area (Å²) in [5.41, 5.74) is 5.50. The number of carbonyl (C=O) groups excluding carboxylic acids is 5. The zero-order valence-corrected chi connectivity index (χ0v) is 22.3. The predicted octanol–water partition coefficient (Wildman–Crippen LogP) is 0.578. The van der Waals surface area contributed by atoms with Crippen LogP contribution in [0.5, 0.6) is 0 Å². The number of nitrogens with one attached hydrogen (secondary N) is 2. The monoisotopic (exact) mass is 539 g/mol. The molecule has 0 aliphatic carbocycles. The molecule has 0 saturated heterocycles. The molecule has 2 amide bonds. The van der Waals surface area contributed by atoms with Gasteiger partial charge in [-0.1, -0.05) is 30.3 Å². The molecule has 0 bridgehead atoms. The number of amides is 2. The summed E-state index contributed by atoms with van der Waals surface area (Å²) in [4.78, 5) is 61.0. The van der Waals surface area contributed by atoms with Gasteiger partial charge in [0.1, 0.15) is 24.3 Å². The Labute approximate surface area is 221 Å². The van der Waals surface area contributed by atoms with Crippen molar-refractivity contribution in [2.24, 2.45) is 5.73 Å². The van der Waals surface area contributed by atoms with Crippen LogP contribution in [-0.4, -0.2) is 81.1 Å². The summed E-state index contributed by atoms with van der Waals surface area (Å²) >= 11 is 0. The topological polar surface area (TPSA) is 182 Å². The molecule has 13 heteroatoms. The van der Waals surface area contributed by atoms with Crippen molar-refractivity contribution >= 4 is 29.9 Å². The van der Waals surface area contributed by atoms with Crippen molar-refractivity contribution in [1.82, 2.24) is 10.6 Å². The van der Waals surface area contributed by atoms with Gasteiger partial charge in [-0.05, 0) is 32.8 Å². The molecule has 0 fully saturated rings. The number of nitrogens with two attached hydrogens (primary N) is 1. The molecule has 1 aromatic carbocycles. The largest absolute Gasteiger partial charge is 0.468 e. The molecule has 0 saturated carbocycles. The molecule has 212 valence electrons. The molecule has 1 rings (SSSR count). The maximum atomic E-state index is 12.7. The SMILES string of the molecule is COC(=O)[C@H](N)COC[C@H](NC(=O)CC[C@@H](NC(=O)OC(C)(C)C)C(=O)OCc1ccccc1)C(=O)OC. The van der Waals surface area contributed by atoms with E-state index in [-0.39, 0.29) is 32.7 Å². The van der Waals surface area contributed by atoms with Gasteiger partial charge in [-0.2, -0.15) is 0 Å². The zero-order valence-electron chi connectivity index (χ0n) is 22.3. The third kappa shape index (κ3) is 13.0. The second-order valence-electron chi connectivity index (χ2n) is 9.14. The number of ether oxygens (including phenoxy) is 5. The van der Waals surface area contributed by atoms with E-state index in [2.05, 4.69) is 20.1 Å². The molecule has 0 heterocycles. The molecule has 4 N–H and O–H groups in total. The van der Waals surface area contributed by atoms with Crippen molar-refractivity contribution in [3.05, 3.63) is 35.9 Å². The number of benzene rings is 1. The van der Waals surface area contributed by atoms with Crippen LogP contribution in [0.1, 0.15) is 39.2 Å². The number of methoxy groups -OCH3 is 2. The molecule has 3 atom stereocenters. The van der Waals surface area contributed by atoms with Gasteiger partial charge in [-0.15, -0.1) is 0 Å². The normalized spacial score (nSPS) is 13.3. The highest BCUT2D eigenvalue weighted by Gasteiger charge is 2.28. The molecule has 0 aliphatic rings. The van der Waals surface area contributed by atoms with Crippen LogP contribution in [0, 0.1) is 0 Å². The van der Waals surface area contributed by atoms with E-state index in [9.17, 15) is 24.0 Å². The first-order chi connectivity index (χ1) is 17.9. The highest BCUT2D eigenvalue weighted by molar-refractivity contribution is 5.86. The maximum absolute atomic E-state index is 12.7. The van der Waals surface area contributed by atoms with E-state index >= 15 is 0 Å². The second-order valence-corrected chi connectivity index (χ2v) is 9.14. The summed E-state index contributed by atoms with van der Waals surface area (Å²) in [5.74, 6) is -2.90. The first-order valence-electron chi connectivity index (χ1n) is 11.8. The fourth-order valence-corrected chi connectivity index (χ4v) is 2.91. The van der Waals surface area contributed by atoms with Crippen LogP contribution in [0.25, 0.3) is 0 Å². The maximum Gasteiger partial charge on any atom is 0.408 e. The van der Waals surface area contributed by atoms with E-state index < -0.39 is 53.6 Å². The predicted molar refractivity (Wildman–Crippen MR) is 133 cm³/mol. The third-order valence-corrected chi connectivity index (χ3v) is 4.77. The molecule has 0 radical (unpaired) electrons. The van der Waals surface area contributed by atoms with Crippen LogP contribution in [0.2, 0.25) is 0 Å². The van der Waals surface area contributed by atoms with Gasteiger partial charge in [-0.25, -0.2) is 14.4 Å². The average molecular weight is 540 g/mol. The molecule has 0 aliphatic heterocycles. The lowest BCUT2D eigenvalue weighted by Gasteiger charge is -2.23. The smallest absolute Gasteiger partial charge is 0.408 e. The Morgan fingerprint density at radius 1 is 0.868 bits per heavy atom. The number of hydrogen-bond donors (Lipinski definition) is 3. The molecular weight excluding hydrogens is 502 g/mol. The van der Waals surface area contributed by atoms with Gasteiger partial charge >= 0.3 is 24.0 Å². The summed E-state index contributed by atoms with van der Waals surface area (Å²) in [7, 11) is 2.30. The van der Waals surface area contributed by atoms with Crippen molar-refractivity contribution in [2.75, 3.05) is 27.4 Å². The lowest BCUT2D eigenvalue weighted by atomic mass is 10.1. The molecule has 13 nitrogen and oxygen atoms in total. The Morgan fingerprint density at radius 3 is 2.08 bits per heavy atom. The third-order valence-electron chi connectivity index (χ3n) is 4.77. The minimum absolute atomic E-state index is 0.0339. The first-order valence-corrected chi connectivity index (χ1v) is 11.8. The van der Waals surface area contributed by atoms with Gasteiger partial charge in [0.05, 0.1) is 27.4 Å². The quantitative estimate of drug-likeness (QED) is 0.222. The van der Waals surface area contributed by atoms with Crippen LogP contribution in [-0.2, 0) is 49.5 Å². The van der Waals surface area contributed by atoms with Gasteiger partial charge in [0.25, 0.3) is 0 Å². The highest BCUT2D eigenvalue weighted by atomic mass is 16.6. The summed E-state index contributed by atoms with van der Waals surface area (Å²) in [5, 5.41) is 4.86. The van der Waals surface area contributed by atoms with Crippen LogP contribution in [0.15, 0.2) is 30.3 Å². The summed E-state index contributed by atoms with van der Waals surface area (Å²) in [6.45, 7) is 4.36. The summed E-state index contributed by atoms with van der Waals surface area (Å²) < 4.78 is 24.9. The molecule has 0 aromatic heterocycles. The van der Waals surface area contributed by atoms with Crippen LogP contribution in [0.3, 0.4) is 0 Å². The highest BCUT2D eigenvalue weighted by Crippen LogP contribution is 2.10. The molecular formula is C25H37N3O10. The fraction of sp³-hybridized carbons (Fsp3) is 0.560. The van der Waals surface area contributed by atoms with Crippen LogP contribution in [0.4, 0.5) is 4.79 Å². The van der Waals surface area contributed by atoms with Crippen molar-refractivity contribution in [3.8, 4) is 0 Å². The lowest BCUT2D eigenvalue weighted by Crippen LogP contribution is -2.47. The molecule has 0 spiro atoms. The number of carbonyl (C=O) groups is 5. The number of alkyl carbamates (subject to hydrolysis) is 1. The summed E-state index contributed by atoms with van der Waals surface area (Å²) in [6, 6.07) is 5.44. The molecule has 38 heavy (non-hydrogen) atoms. The van der Waals surface area contributed by atoms with Crippen LogP contribution < -0.4 is 16.4 Å². The number of rotatable bonds is 14. The van der Waals surface area contributed by atoms with Crippen molar-refractivity contribution < 1.29 is 47.7 Å². The van der Waals surface area contributed by atoms with Crippen molar-refractivity contribution in [1.29, 1.82) is 0 Å². The fourth-order valence-electron chi connectivity index (χ4n) is 2.91. The van der Waals surface area contributed by atoms with Crippen LogP contribution >= 0.6 is 0 Å². The van der Waals surface area contributed by atoms with Gasteiger partial charge in [0.15, 0.2) is 6.04 Å². The Bertz CT molecular complexity index is 933. The van der Waals surface area contributed by atoms with Gasteiger partial charge < -0.3 is 40.1 Å². The van der Waals surface area contributed by atoms with Crippen molar-refractivity contribution in [3.63, 3.8) is 0 Å². The Morgan fingerprint density at radius 2 is 1.50 bits per heavy atom. The number of hydrogen-bond acceptors (Lipinski definition) is 11. The number of esters is 3. The average Bonchev–Trinajstić information content (AvgIpc) is 2.87. The van der Waals surface area contributed by atoms with E-state index in [1.54, 1.807) is 45.0 Å². The van der Waals surface area contributed by atoms with E-state index in [1.165, 1.54) is 7.11 Å². The second kappa shape index (κ2) is 16.2. The Kier molecular flexibility index (Phi) is 13.8. The Balaban J connectivity index is 2.77. The van der Waals surface area contributed by atoms with E-state index in [0.29, 0.717) is 0 Å².